The molecule has 1 aliphatic carbocycles. The predicted octanol–water partition coefficient (Wildman–Crippen LogP) is 3.77. The molecule has 0 saturated heterocycles. The standard InChI is InChI=1S/C17H36N2/c1-8-18-16-15(10-9-11-17(16,5)6)12-19(7)14(4)13(2)3/h13-16,18H,8-12H2,1-7H3. The minimum Gasteiger partial charge on any atom is -0.313 e. The van der Waals surface area contributed by atoms with Gasteiger partial charge in [0.05, 0.1) is 0 Å². The lowest BCUT2D eigenvalue weighted by Crippen LogP contribution is -2.53. The van der Waals surface area contributed by atoms with Crippen LogP contribution in [-0.2, 0) is 0 Å². The van der Waals surface area contributed by atoms with Crippen LogP contribution in [-0.4, -0.2) is 37.1 Å². The molecule has 0 spiro atoms. The minimum atomic E-state index is 0.445. The second kappa shape index (κ2) is 7.08. The van der Waals surface area contributed by atoms with E-state index in [1.165, 1.54) is 25.8 Å². The van der Waals surface area contributed by atoms with Crippen molar-refractivity contribution < 1.29 is 0 Å². The predicted molar refractivity (Wildman–Crippen MR) is 85.5 cm³/mol. The van der Waals surface area contributed by atoms with Crippen molar-refractivity contribution in [1.82, 2.24) is 10.2 Å². The summed E-state index contributed by atoms with van der Waals surface area (Å²) >= 11 is 0. The Balaban J connectivity index is 2.68. The summed E-state index contributed by atoms with van der Waals surface area (Å²) in [6.07, 6.45) is 4.14. The van der Waals surface area contributed by atoms with Gasteiger partial charge in [0.2, 0.25) is 0 Å². The average molecular weight is 268 g/mol. The Labute approximate surface area is 121 Å². The maximum absolute atomic E-state index is 3.77. The van der Waals surface area contributed by atoms with E-state index in [-0.39, 0.29) is 0 Å². The van der Waals surface area contributed by atoms with E-state index in [0.29, 0.717) is 17.5 Å². The first-order valence-corrected chi connectivity index (χ1v) is 8.23. The monoisotopic (exact) mass is 268 g/mol. The van der Waals surface area contributed by atoms with Gasteiger partial charge >= 0.3 is 0 Å². The Morgan fingerprint density at radius 2 is 1.89 bits per heavy atom. The van der Waals surface area contributed by atoms with Gasteiger partial charge in [0, 0.05) is 18.6 Å². The molecular weight excluding hydrogens is 232 g/mol. The molecule has 0 aromatic carbocycles. The lowest BCUT2D eigenvalue weighted by molar-refractivity contribution is 0.0707. The van der Waals surface area contributed by atoms with Gasteiger partial charge in [-0.25, -0.2) is 0 Å². The number of rotatable bonds is 6. The Hall–Kier alpha value is -0.0800. The molecule has 1 fully saturated rings. The van der Waals surface area contributed by atoms with Crippen molar-refractivity contribution in [2.45, 2.75) is 72.9 Å². The van der Waals surface area contributed by atoms with Crippen molar-refractivity contribution in [3.63, 3.8) is 0 Å². The Bertz CT molecular complexity index is 260. The second-order valence-electron chi connectivity index (χ2n) is 7.60. The fourth-order valence-corrected chi connectivity index (χ4v) is 3.68. The molecule has 1 N–H and O–H groups in total. The molecule has 0 radical (unpaired) electrons. The number of hydrogen-bond donors (Lipinski definition) is 1. The van der Waals surface area contributed by atoms with Gasteiger partial charge in [-0.05, 0) is 50.6 Å². The summed E-state index contributed by atoms with van der Waals surface area (Å²) in [5, 5.41) is 3.77. The van der Waals surface area contributed by atoms with Gasteiger partial charge < -0.3 is 10.2 Å². The van der Waals surface area contributed by atoms with Crippen LogP contribution in [0.25, 0.3) is 0 Å². The van der Waals surface area contributed by atoms with Crippen LogP contribution < -0.4 is 5.32 Å². The minimum absolute atomic E-state index is 0.445. The Morgan fingerprint density at radius 3 is 2.42 bits per heavy atom. The molecule has 1 aliphatic rings. The Kier molecular flexibility index (Phi) is 6.32. The fraction of sp³-hybridized carbons (Fsp3) is 1.00. The first-order valence-electron chi connectivity index (χ1n) is 8.23. The van der Waals surface area contributed by atoms with Crippen molar-refractivity contribution in [2.75, 3.05) is 20.1 Å². The molecule has 1 saturated carbocycles. The zero-order chi connectivity index (χ0) is 14.6. The van der Waals surface area contributed by atoms with Crippen molar-refractivity contribution in [3.05, 3.63) is 0 Å². The molecule has 0 aromatic rings. The maximum atomic E-state index is 3.77. The van der Waals surface area contributed by atoms with E-state index < -0.39 is 0 Å². The highest BCUT2D eigenvalue weighted by Gasteiger charge is 2.38. The summed E-state index contributed by atoms with van der Waals surface area (Å²) < 4.78 is 0. The highest BCUT2D eigenvalue weighted by Crippen LogP contribution is 2.39. The first-order chi connectivity index (χ1) is 8.79. The van der Waals surface area contributed by atoms with Gasteiger partial charge in [0.1, 0.15) is 0 Å². The van der Waals surface area contributed by atoms with Crippen molar-refractivity contribution in [1.29, 1.82) is 0 Å². The van der Waals surface area contributed by atoms with E-state index >= 15 is 0 Å². The average Bonchev–Trinajstić information content (AvgIpc) is 2.32. The molecule has 0 aromatic heterocycles. The summed E-state index contributed by atoms with van der Waals surface area (Å²) in [7, 11) is 2.30. The molecule has 2 heteroatoms. The molecule has 114 valence electrons. The third-order valence-electron chi connectivity index (χ3n) is 5.32. The second-order valence-corrected chi connectivity index (χ2v) is 7.60. The van der Waals surface area contributed by atoms with E-state index in [1.807, 2.05) is 0 Å². The van der Waals surface area contributed by atoms with Gasteiger partial charge in [-0.1, -0.05) is 41.0 Å². The molecule has 3 atom stereocenters. The first kappa shape index (κ1) is 17.0. The van der Waals surface area contributed by atoms with Crippen LogP contribution >= 0.6 is 0 Å². The van der Waals surface area contributed by atoms with Gasteiger partial charge in [0.25, 0.3) is 0 Å². The van der Waals surface area contributed by atoms with Gasteiger partial charge in [-0.2, -0.15) is 0 Å². The van der Waals surface area contributed by atoms with E-state index in [2.05, 4.69) is 58.8 Å². The quantitative estimate of drug-likeness (QED) is 0.789. The third-order valence-corrected chi connectivity index (χ3v) is 5.32. The summed E-state index contributed by atoms with van der Waals surface area (Å²) in [5.74, 6) is 1.54. The fourth-order valence-electron chi connectivity index (χ4n) is 3.68. The lowest BCUT2D eigenvalue weighted by Gasteiger charge is -2.46. The summed E-state index contributed by atoms with van der Waals surface area (Å²) in [6, 6.07) is 1.35. The van der Waals surface area contributed by atoms with Crippen molar-refractivity contribution >= 4 is 0 Å². The molecule has 0 bridgehead atoms. The molecule has 1 rings (SSSR count). The highest BCUT2D eigenvalue weighted by molar-refractivity contribution is 4.94. The molecule has 0 heterocycles. The molecular formula is C17H36N2. The topological polar surface area (TPSA) is 15.3 Å². The summed E-state index contributed by atoms with van der Waals surface area (Å²) in [4.78, 5) is 2.57. The van der Waals surface area contributed by atoms with E-state index in [1.54, 1.807) is 0 Å². The number of nitrogens with one attached hydrogen (secondary N) is 1. The maximum Gasteiger partial charge on any atom is 0.0159 e. The van der Waals surface area contributed by atoms with Crippen LogP contribution in [0.1, 0.15) is 60.8 Å². The Morgan fingerprint density at radius 1 is 1.26 bits per heavy atom. The molecule has 0 amide bonds. The number of hydrogen-bond acceptors (Lipinski definition) is 2. The van der Waals surface area contributed by atoms with Crippen LogP contribution in [0.5, 0.6) is 0 Å². The van der Waals surface area contributed by atoms with Crippen LogP contribution in [0.15, 0.2) is 0 Å². The van der Waals surface area contributed by atoms with Gasteiger partial charge in [-0.3, -0.25) is 0 Å². The van der Waals surface area contributed by atoms with Crippen LogP contribution in [0, 0.1) is 17.3 Å². The smallest absolute Gasteiger partial charge is 0.0159 e. The third kappa shape index (κ3) is 4.46. The van der Waals surface area contributed by atoms with Crippen molar-refractivity contribution in [2.24, 2.45) is 17.3 Å². The van der Waals surface area contributed by atoms with Crippen LogP contribution in [0.2, 0.25) is 0 Å². The zero-order valence-electron chi connectivity index (χ0n) is 14.3. The molecule has 3 unspecified atom stereocenters. The van der Waals surface area contributed by atoms with Crippen molar-refractivity contribution in [3.8, 4) is 0 Å². The molecule has 0 aliphatic heterocycles. The summed E-state index contributed by atoms with van der Waals surface area (Å²) in [5.41, 5.74) is 0.445. The number of nitrogens with zero attached hydrogens (tertiary/aromatic N) is 1. The van der Waals surface area contributed by atoms with E-state index in [9.17, 15) is 0 Å². The largest absolute Gasteiger partial charge is 0.313 e. The summed E-state index contributed by atoms with van der Waals surface area (Å²) in [6.45, 7) is 16.5. The SMILES string of the molecule is CCNC1C(CN(C)C(C)C(C)C)CCCC1(C)C. The zero-order valence-corrected chi connectivity index (χ0v) is 14.3. The molecule has 19 heavy (non-hydrogen) atoms. The lowest BCUT2D eigenvalue weighted by atomic mass is 9.67. The van der Waals surface area contributed by atoms with E-state index in [0.717, 1.165) is 18.4 Å². The van der Waals surface area contributed by atoms with Gasteiger partial charge in [-0.15, -0.1) is 0 Å². The molecule has 2 nitrogen and oxygen atoms in total. The van der Waals surface area contributed by atoms with Gasteiger partial charge in [0.15, 0.2) is 0 Å². The normalized spacial score (nSPS) is 28.9. The van der Waals surface area contributed by atoms with Crippen LogP contribution in [0.3, 0.4) is 0 Å². The highest BCUT2D eigenvalue weighted by atomic mass is 15.1. The van der Waals surface area contributed by atoms with Crippen LogP contribution in [0.4, 0.5) is 0 Å². The van der Waals surface area contributed by atoms with E-state index in [4.69, 9.17) is 0 Å².